The Bertz CT molecular complexity index is 1780. The molecule has 0 aromatic heterocycles. The van der Waals surface area contributed by atoms with E-state index in [0.29, 0.717) is 34.5 Å². The molecule has 2 saturated heterocycles. The van der Waals surface area contributed by atoms with Gasteiger partial charge in [-0.1, -0.05) is 192 Å². The van der Waals surface area contributed by atoms with E-state index >= 15 is 0 Å². The van der Waals surface area contributed by atoms with Gasteiger partial charge in [0.15, 0.2) is 0 Å². The molecule has 7 rings (SSSR count). The van der Waals surface area contributed by atoms with Crippen LogP contribution in [-0.2, 0) is 26.3 Å². The summed E-state index contributed by atoms with van der Waals surface area (Å²) in [5.41, 5.74) is 15.8. The van der Waals surface area contributed by atoms with Gasteiger partial charge in [0.05, 0.1) is 26.4 Å². The second kappa shape index (κ2) is 22.7. The van der Waals surface area contributed by atoms with E-state index in [1.807, 2.05) is 0 Å². The van der Waals surface area contributed by atoms with Gasteiger partial charge < -0.3 is 20.1 Å². The van der Waals surface area contributed by atoms with Crippen LogP contribution in [0.4, 0.5) is 11.4 Å². The van der Waals surface area contributed by atoms with Crippen molar-refractivity contribution >= 4 is 50.1 Å². The van der Waals surface area contributed by atoms with Crippen LogP contribution < -0.4 is 51.4 Å². The van der Waals surface area contributed by atoms with E-state index in [1.54, 1.807) is 11.3 Å². The minimum atomic E-state index is 0. The molecule has 0 amide bonds. The first-order valence-electron chi connectivity index (χ1n) is 20.7. The number of nitrogens with zero attached hydrogens (tertiary/aromatic N) is 2. The maximum absolute atomic E-state index is 5.55. The quantitative estimate of drug-likeness (QED) is 0.131. The van der Waals surface area contributed by atoms with Crippen LogP contribution in [0.15, 0.2) is 72.8 Å². The number of benzene rings is 4. The van der Waals surface area contributed by atoms with Gasteiger partial charge in [-0.3, -0.25) is 0 Å². The Labute approximate surface area is 409 Å². The molecular formula is C50H66CoKN2O2P2-. The number of hydrogen-bond donors (Lipinski definition) is 0. The van der Waals surface area contributed by atoms with Crippen molar-refractivity contribution in [3.8, 4) is 0 Å². The summed E-state index contributed by atoms with van der Waals surface area (Å²) in [6, 6.07) is 26.5. The van der Waals surface area contributed by atoms with Gasteiger partial charge in [0, 0.05) is 28.1 Å². The van der Waals surface area contributed by atoms with Crippen LogP contribution in [0.25, 0.3) is 32.8 Å². The molecule has 0 bridgehead atoms. The smallest absolute Gasteiger partial charge is 0.658 e. The zero-order valence-electron chi connectivity index (χ0n) is 38.0. The van der Waals surface area contributed by atoms with Crippen molar-refractivity contribution in [2.75, 3.05) is 26.4 Å². The minimum absolute atomic E-state index is 0. The van der Waals surface area contributed by atoms with Crippen molar-refractivity contribution in [2.24, 2.45) is 10.8 Å². The maximum Gasteiger partial charge on any atom is 1.00 e. The van der Waals surface area contributed by atoms with E-state index in [9.17, 15) is 0 Å². The largest absolute Gasteiger partial charge is 1.00 e. The molecule has 4 aromatic rings. The third-order valence-corrected chi connectivity index (χ3v) is 14.4. The van der Waals surface area contributed by atoms with Crippen molar-refractivity contribution in [2.45, 2.75) is 121 Å². The first-order chi connectivity index (χ1) is 26.4. The Hall–Kier alpha value is -0.597. The Morgan fingerprint density at radius 3 is 1.02 bits per heavy atom. The van der Waals surface area contributed by atoms with E-state index in [-0.39, 0.29) is 68.2 Å². The van der Waals surface area contributed by atoms with E-state index in [1.165, 1.54) is 60.7 Å². The van der Waals surface area contributed by atoms with E-state index in [0.717, 1.165) is 49.2 Å². The summed E-state index contributed by atoms with van der Waals surface area (Å²) in [7, 11) is 3.07. The molecule has 0 saturated carbocycles. The molecular weight excluding hydrogens is 821 g/mol. The fourth-order valence-electron chi connectivity index (χ4n) is 7.32. The maximum atomic E-state index is 5.55. The summed E-state index contributed by atoms with van der Waals surface area (Å²) in [5.74, 6) is 1.51. The summed E-state index contributed by atoms with van der Waals surface area (Å²) in [6.45, 7) is 35.1. The summed E-state index contributed by atoms with van der Waals surface area (Å²) >= 11 is 0. The van der Waals surface area contributed by atoms with Crippen LogP contribution in [-0.4, -0.2) is 26.4 Å². The van der Waals surface area contributed by atoms with Crippen molar-refractivity contribution in [1.29, 1.82) is 0 Å². The predicted molar refractivity (Wildman–Crippen MR) is 247 cm³/mol. The molecule has 0 unspecified atom stereocenters. The number of rotatable bonds is 8. The van der Waals surface area contributed by atoms with Crippen molar-refractivity contribution in [3.05, 3.63) is 128 Å². The molecule has 3 aliphatic rings. The Morgan fingerprint density at radius 2 is 0.776 bits per heavy atom. The SMILES string of the molecule is C1COCCO1.CC(C)(C)[C]1[P][P][C]1C(C)(C)C.CC(C)c1cccc(C(C)C)c1[N-]C1=C([N-]c2c(C(C)C)cccc2C(C)C)c2cccc3cccc1c23.[Co].[K+]. The summed E-state index contributed by atoms with van der Waals surface area (Å²) in [6.07, 6.45) is 0. The van der Waals surface area contributed by atoms with Gasteiger partial charge in [-0.2, -0.15) is 0 Å². The zero-order chi connectivity index (χ0) is 40.9. The van der Waals surface area contributed by atoms with Crippen LogP contribution >= 0.6 is 16.5 Å². The standard InChI is InChI=1S/C36H40N2.C10H18P2.C4H8O2.Co.K/c1-21(2)26-15-11-16-27(22(3)4)33(26)37-35-30-19-9-13-25-14-10-20-31(32(25)30)36(35)38-34-28(23(5)6)17-12-18-29(34)24(7)8;1-9(2,3)7-8(12-11-7)10(4,5)6;1-2-6-4-3-5-1;;/h9-24H,1-8H3;1-6H3;1-4H2;;/q-2;;;;+1. The van der Waals surface area contributed by atoms with E-state index < -0.39 is 0 Å². The molecule has 0 atom stereocenters. The predicted octanol–water partition coefficient (Wildman–Crippen LogP) is 13.9. The normalized spacial score (nSPS) is 16.5. The van der Waals surface area contributed by atoms with Gasteiger partial charge in [-0.05, 0) is 72.9 Å². The van der Waals surface area contributed by atoms with Crippen molar-refractivity contribution in [3.63, 3.8) is 0 Å². The fraction of sp³-hybridized carbons (Fsp3) is 0.480. The molecule has 4 nitrogen and oxygen atoms in total. The minimum Gasteiger partial charge on any atom is -0.658 e. The fourth-order valence-corrected chi connectivity index (χ4v) is 11.6. The van der Waals surface area contributed by atoms with Gasteiger partial charge in [0.2, 0.25) is 0 Å². The van der Waals surface area contributed by atoms with E-state index in [4.69, 9.17) is 20.1 Å². The molecule has 309 valence electrons. The second-order valence-electron chi connectivity index (χ2n) is 18.4. The molecule has 8 heteroatoms. The molecule has 1 aliphatic carbocycles. The van der Waals surface area contributed by atoms with Gasteiger partial charge in [-0.25, -0.2) is 0 Å². The third-order valence-electron chi connectivity index (χ3n) is 10.4. The van der Waals surface area contributed by atoms with Crippen LogP contribution in [0.3, 0.4) is 0 Å². The second-order valence-corrected chi connectivity index (χ2v) is 20.9. The third kappa shape index (κ3) is 12.5. The number of hydrogen-bond acceptors (Lipinski definition) is 2. The average molecular weight is 887 g/mol. The first-order valence-corrected chi connectivity index (χ1v) is 23.2. The summed E-state index contributed by atoms with van der Waals surface area (Å²) in [5, 5.41) is 13.6. The average Bonchev–Trinajstić information content (AvgIpc) is 3.40. The van der Waals surface area contributed by atoms with Crippen LogP contribution in [0.5, 0.6) is 0 Å². The molecule has 2 fully saturated rings. The molecule has 0 N–H and O–H groups in total. The Morgan fingerprint density at radius 1 is 0.483 bits per heavy atom. The molecule has 58 heavy (non-hydrogen) atoms. The molecule has 4 aromatic carbocycles. The zero-order valence-corrected chi connectivity index (χ0v) is 44.0. The molecule has 5 radical (unpaired) electrons. The Kier molecular flexibility index (Phi) is 20.2. The van der Waals surface area contributed by atoms with Gasteiger partial charge in [-0.15, -0.1) is 22.8 Å². The monoisotopic (exact) mass is 886 g/mol. The van der Waals surface area contributed by atoms with Crippen LogP contribution in [0.2, 0.25) is 0 Å². The molecule has 2 heterocycles. The Balaban J connectivity index is 0.000000371. The topological polar surface area (TPSA) is 46.7 Å². The van der Waals surface area contributed by atoms with Gasteiger partial charge in [0.25, 0.3) is 0 Å². The van der Waals surface area contributed by atoms with Crippen LogP contribution in [0.1, 0.15) is 154 Å². The summed E-state index contributed by atoms with van der Waals surface area (Å²) in [4.78, 5) is 0. The molecule has 0 spiro atoms. The molecule has 2 aliphatic heterocycles. The van der Waals surface area contributed by atoms with Gasteiger partial charge in [0.1, 0.15) is 0 Å². The van der Waals surface area contributed by atoms with Crippen molar-refractivity contribution < 1.29 is 77.6 Å². The number of ether oxygens (including phenoxy) is 2. The van der Waals surface area contributed by atoms with Crippen LogP contribution in [0, 0.1) is 22.1 Å². The van der Waals surface area contributed by atoms with Gasteiger partial charge >= 0.3 is 51.4 Å². The van der Waals surface area contributed by atoms with E-state index in [2.05, 4.69) is 170 Å². The van der Waals surface area contributed by atoms with Crippen molar-refractivity contribution in [1.82, 2.24) is 0 Å². The number of para-hydroxylation sites is 2. The first kappa shape index (κ1) is 51.8. The summed E-state index contributed by atoms with van der Waals surface area (Å²) < 4.78 is 9.89.